The van der Waals surface area contributed by atoms with Gasteiger partial charge < -0.3 is 5.11 Å². The van der Waals surface area contributed by atoms with Gasteiger partial charge in [0.2, 0.25) is 0 Å². The van der Waals surface area contributed by atoms with Gasteiger partial charge in [0, 0.05) is 24.2 Å². The van der Waals surface area contributed by atoms with E-state index in [1.165, 1.54) is 12.1 Å². The SMILES string of the molecule is CN(Cc1ccccc1F)CC(O)c1ccccc1F. The van der Waals surface area contributed by atoms with E-state index in [9.17, 15) is 13.9 Å². The number of halogens is 2. The van der Waals surface area contributed by atoms with Crippen LogP contribution in [0.25, 0.3) is 0 Å². The summed E-state index contributed by atoms with van der Waals surface area (Å²) in [7, 11) is 1.76. The topological polar surface area (TPSA) is 23.5 Å². The molecular weight excluding hydrogens is 260 g/mol. The summed E-state index contributed by atoms with van der Waals surface area (Å²) in [5, 5.41) is 10.0. The lowest BCUT2D eigenvalue weighted by atomic mass is 10.1. The molecule has 0 bridgehead atoms. The van der Waals surface area contributed by atoms with Crippen molar-refractivity contribution in [3.8, 4) is 0 Å². The van der Waals surface area contributed by atoms with Gasteiger partial charge >= 0.3 is 0 Å². The molecule has 0 aliphatic carbocycles. The van der Waals surface area contributed by atoms with E-state index in [0.717, 1.165) is 0 Å². The Labute approximate surface area is 117 Å². The maximum absolute atomic E-state index is 13.5. The van der Waals surface area contributed by atoms with E-state index in [1.807, 2.05) is 0 Å². The molecule has 2 aromatic carbocycles. The van der Waals surface area contributed by atoms with E-state index in [0.29, 0.717) is 12.1 Å². The summed E-state index contributed by atoms with van der Waals surface area (Å²) in [6, 6.07) is 12.6. The van der Waals surface area contributed by atoms with Crippen molar-refractivity contribution in [1.82, 2.24) is 4.90 Å². The summed E-state index contributed by atoms with van der Waals surface area (Å²) < 4.78 is 27.1. The number of rotatable bonds is 5. The van der Waals surface area contributed by atoms with E-state index in [1.54, 1.807) is 48.3 Å². The predicted molar refractivity (Wildman–Crippen MR) is 74.1 cm³/mol. The zero-order chi connectivity index (χ0) is 14.5. The highest BCUT2D eigenvalue weighted by atomic mass is 19.1. The van der Waals surface area contributed by atoms with Gasteiger partial charge in [-0.3, -0.25) is 4.90 Å². The Bertz CT molecular complexity index is 574. The highest BCUT2D eigenvalue weighted by molar-refractivity contribution is 5.20. The van der Waals surface area contributed by atoms with Gasteiger partial charge in [-0.1, -0.05) is 36.4 Å². The molecule has 2 aromatic rings. The van der Waals surface area contributed by atoms with Gasteiger partial charge in [0.25, 0.3) is 0 Å². The van der Waals surface area contributed by atoms with Gasteiger partial charge in [-0.05, 0) is 19.2 Å². The number of aliphatic hydroxyl groups is 1. The van der Waals surface area contributed by atoms with Gasteiger partial charge in [0.15, 0.2) is 0 Å². The molecule has 20 heavy (non-hydrogen) atoms. The molecule has 0 aliphatic heterocycles. The van der Waals surface area contributed by atoms with Gasteiger partial charge in [0.1, 0.15) is 11.6 Å². The molecule has 0 amide bonds. The first-order valence-electron chi connectivity index (χ1n) is 6.42. The number of aliphatic hydroxyl groups excluding tert-OH is 1. The van der Waals surface area contributed by atoms with Gasteiger partial charge in [-0.25, -0.2) is 8.78 Å². The monoisotopic (exact) mass is 277 g/mol. The zero-order valence-corrected chi connectivity index (χ0v) is 11.3. The van der Waals surface area contributed by atoms with Crippen LogP contribution >= 0.6 is 0 Å². The minimum Gasteiger partial charge on any atom is -0.387 e. The third kappa shape index (κ3) is 3.62. The Morgan fingerprint density at radius 1 is 1.00 bits per heavy atom. The van der Waals surface area contributed by atoms with Crippen molar-refractivity contribution in [2.75, 3.05) is 13.6 Å². The number of likely N-dealkylation sites (N-methyl/N-ethyl adjacent to an activating group) is 1. The molecule has 2 rings (SSSR count). The van der Waals surface area contributed by atoms with E-state index in [4.69, 9.17) is 0 Å². The molecule has 2 nitrogen and oxygen atoms in total. The fraction of sp³-hybridized carbons (Fsp3) is 0.250. The minimum atomic E-state index is -0.937. The number of nitrogens with zero attached hydrogens (tertiary/aromatic N) is 1. The summed E-state index contributed by atoms with van der Waals surface area (Å²) in [6.45, 7) is 0.591. The second kappa shape index (κ2) is 6.59. The van der Waals surface area contributed by atoms with Crippen LogP contribution < -0.4 is 0 Å². The number of hydrogen-bond donors (Lipinski definition) is 1. The molecule has 1 atom stereocenters. The molecule has 0 heterocycles. The standard InChI is InChI=1S/C16H17F2NO/c1-19(10-12-6-2-4-8-14(12)17)11-16(20)13-7-3-5-9-15(13)18/h2-9,16,20H,10-11H2,1H3. The molecule has 1 unspecified atom stereocenters. The normalized spacial score (nSPS) is 12.7. The first-order valence-corrected chi connectivity index (χ1v) is 6.42. The smallest absolute Gasteiger partial charge is 0.129 e. The Kier molecular flexibility index (Phi) is 4.82. The molecule has 106 valence electrons. The average molecular weight is 277 g/mol. The number of hydrogen-bond acceptors (Lipinski definition) is 2. The van der Waals surface area contributed by atoms with Gasteiger partial charge in [-0.2, -0.15) is 0 Å². The maximum atomic E-state index is 13.5. The van der Waals surface area contributed by atoms with Crippen LogP contribution in [0.15, 0.2) is 48.5 Å². The minimum absolute atomic E-state index is 0.231. The lowest BCUT2D eigenvalue weighted by molar-refractivity contribution is 0.120. The van der Waals surface area contributed by atoms with Crippen LogP contribution in [-0.4, -0.2) is 23.6 Å². The molecule has 1 N–H and O–H groups in total. The lowest BCUT2D eigenvalue weighted by Crippen LogP contribution is -2.25. The molecule has 0 saturated carbocycles. The second-order valence-electron chi connectivity index (χ2n) is 4.83. The van der Waals surface area contributed by atoms with Crippen LogP contribution in [0.3, 0.4) is 0 Å². The van der Waals surface area contributed by atoms with Crippen molar-refractivity contribution in [2.45, 2.75) is 12.6 Å². The number of benzene rings is 2. The largest absolute Gasteiger partial charge is 0.387 e. The van der Waals surface area contributed by atoms with Gasteiger partial charge in [0.05, 0.1) is 6.10 Å². The summed E-state index contributed by atoms with van der Waals surface area (Å²) in [5.41, 5.74) is 0.809. The molecule has 4 heteroatoms. The van der Waals surface area contributed by atoms with Crippen molar-refractivity contribution in [3.63, 3.8) is 0 Å². The highest BCUT2D eigenvalue weighted by Crippen LogP contribution is 2.18. The van der Waals surface area contributed by atoms with Crippen molar-refractivity contribution in [3.05, 3.63) is 71.3 Å². The van der Waals surface area contributed by atoms with Crippen LogP contribution in [0.5, 0.6) is 0 Å². The summed E-state index contributed by atoms with van der Waals surface area (Å²) >= 11 is 0. The first-order chi connectivity index (χ1) is 9.58. The zero-order valence-electron chi connectivity index (χ0n) is 11.3. The van der Waals surface area contributed by atoms with Crippen molar-refractivity contribution in [2.24, 2.45) is 0 Å². The van der Waals surface area contributed by atoms with E-state index in [2.05, 4.69) is 0 Å². The van der Waals surface area contributed by atoms with E-state index in [-0.39, 0.29) is 17.9 Å². The van der Waals surface area contributed by atoms with Crippen LogP contribution in [0, 0.1) is 11.6 Å². The highest BCUT2D eigenvalue weighted by Gasteiger charge is 2.15. The molecule has 0 radical (unpaired) electrons. The first kappa shape index (κ1) is 14.6. The summed E-state index contributed by atoms with van der Waals surface area (Å²) in [5.74, 6) is -0.709. The van der Waals surface area contributed by atoms with Crippen LogP contribution in [0.2, 0.25) is 0 Å². The average Bonchev–Trinajstić information content (AvgIpc) is 2.41. The Morgan fingerprint density at radius 2 is 1.60 bits per heavy atom. The Morgan fingerprint density at radius 3 is 2.25 bits per heavy atom. The molecular formula is C16H17F2NO. The van der Waals surface area contributed by atoms with Crippen molar-refractivity contribution in [1.29, 1.82) is 0 Å². The summed E-state index contributed by atoms with van der Waals surface area (Å²) in [4.78, 5) is 1.76. The summed E-state index contributed by atoms with van der Waals surface area (Å²) in [6.07, 6.45) is -0.937. The van der Waals surface area contributed by atoms with E-state index < -0.39 is 11.9 Å². The van der Waals surface area contributed by atoms with E-state index >= 15 is 0 Å². The second-order valence-corrected chi connectivity index (χ2v) is 4.83. The van der Waals surface area contributed by atoms with Crippen LogP contribution in [0.1, 0.15) is 17.2 Å². The Hall–Kier alpha value is -1.78. The fourth-order valence-corrected chi connectivity index (χ4v) is 2.12. The lowest BCUT2D eigenvalue weighted by Gasteiger charge is -2.21. The molecule has 0 fully saturated rings. The van der Waals surface area contributed by atoms with Crippen molar-refractivity contribution < 1.29 is 13.9 Å². The fourth-order valence-electron chi connectivity index (χ4n) is 2.12. The van der Waals surface area contributed by atoms with Gasteiger partial charge in [-0.15, -0.1) is 0 Å². The quantitative estimate of drug-likeness (QED) is 0.907. The third-order valence-electron chi connectivity index (χ3n) is 3.15. The molecule has 0 aliphatic rings. The third-order valence-corrected chi connectivity index (χ3v) is 3.15. The maximum Gasteiger partial charge on any atom is 0.129 e. The van der Waals surface area contributed by atoms with Crippen molar-refractivity contribution >= 4 is 0 Å². The Balaban J connectivity index is 2.00. The van der Waals surface area contributed by atoms with Crippen LogP contribution in [-0.2, 0) is 6.54 Å². The van der Waals surface area contributed by atoms with Crippen LogP contribution in [0.4, 0.5) is 8.78 Å². The molecule has 0 aromatic heterocycles. The molecule has 0 saturated heterocycles. The molecule has 0 spiro atoms. The predicted octanol–water partition coefficient (Wildman–Crippen LogP) is 3.13.